The van der Waals surface area contributed by atoms with Gasteiger partial charge in [-0.15, -0.1) is 11.8 Å². The van der Waals surface area contributed by atoms with Gasteiger partial charge in [0.05, 0.1) is 12.5 Å². The normalized spacial score (nSPS) is 25.1. The summed E-state index contributed by atoms with van der Waals surface area (Å²) in [5, 5.41) is 12.7. The minimum atomic E-state index is -1.06. The first-order valence-corrected chi connectivity index (χ1v) is 10.7. The largest absolute Gasteiger partial charge is 0.459 e. The zero-order chi connectivity index (χ0) is 21.1. The number of amides is 2. The van der Waals surface area contributed by atoms with E-state index in [1.165, 1.54) is 16.7 Å². The predicted octanol–water partition coefficient (Wildman–Crippen LogP) is 1.10. The van der Waals surface area contributed by atoms with Crippen LogP contribution in [0.5, 0.6) is 0 Å². The number of β-lactam (4-membered cyclic amide) rings is 1. The van der Waals surface area contributed by atoms with E-state index in [4.69, 9.17) is 4.74 Å². The number of carbonyl (C=O) groups excluding carboxylic acids is 3. The Kier molecular flexibility index (Phi) is 6.06. The van der Waals surface area contributed by atoms with Crippen LogP contribution in [-0.2, 0) is 32.1 Å². The number of esters is 1. The number of rotatable bonds is 6. The van der Waals surface area contributed by atoms with Crippen molar-refractivity contribution in [1.29, 1.82) is 0 Å². The van der Waals surface area contributed by atoms with E-state index < -0.39 is 29.5 Å². The lowest BCUT2D eigenvalue weighted by Crippen LogP contribution is -2.76. The van der Waals surface area contributed by atoms with Gasteiger partial charge in [0.1, 0.15) is 18.0 Å². The van der Waals surface area contributed by atoms with Gasteiger partial charge in [-0.25, -0.2) is 4.79 Å². The number of nitrogens with one attached hydrogen (secondary N) is 1. The molecule has 2 saturated heterocycles. The molecule has 0 bridgehead atoms. The van der Waals surface area contributed by atoms with Gasteiger partial charge in [-0.1, -0.05) is 60.7 Å². The molecule has 2 aromatic rings. The molecule has 2 amide bonds. The summed E-state index contributed by atoms with van der Waals surface area (Å²) in [7, 11) is 0. The van der Waals surface area contributed by atoms with E-state index in [0.717, 1.165) is 11.1 Å². The standard InChI is InChI=1S/C22H22N2O5S/c25-16-13-30-21-18(23-17(26)11-14-7-3-1-4-8-14)20(27)24(21)19(16)22(28)29-12-15-9-5-2-6-10-15/h1-10,16,18-19,21,25H,11-13H2,(H,23,26)/t16?,18-,19?,21+/m1/s1. The quantitative estimate of drug-likeness (QED) is 0.531. The van der Waals surface area contributed by atoms with Crippen LogP contribution in [0.15, 0.2) is 60.7 Å². The van der Waals surface area contributed by atoms with Gasteiger partial charge in [-0.3, -0.25) is 9.59 Å². The smallest absolute Gasteiger partial charge is 0.331 e. The van der Waals surface area contributed by atoms with Crippen LogP contribution < -0.4 is 5.32 Å². The first kappa shape index (κ1) is 20.4. The van der Waals surface area contributed by atoms with E-state index in [0.29, 0.717) is 0 Å². The molecule has 2 heterocycles. The maximum absolute atomic E-state index is 12.7. The van der Waals surface area contributed by atoms with E-state index in [1.54, 1.807) is 0 Å². The summed E-state index contributed by atoms with van der Waals surface area (Å²) >= 11 is 1.35. The maximum Gasteiger partial charge on any atom is 0.331 e. The summed E-state index contributed by atoms with van der Waals surface area (Å²) in [6.45, 7) is 0.0694. The third-order valence-corrected chi connectivity index (χ3v) is 6.55. The molecular weight excluding hydrogens is 404 g/mol. The van der Waals surface area contributed by atoms with Gasteiger partial charge in [0.2, 0.25) is 11.8 Å². The average Bonchev–Trinajstić information content (AvgIpc) is 2.77. The Morgan fingerprint density at radius 3 is 2.37 bits per heavy atom. The second kappa shape index (κ2) is 8.89. The molecule has 2 N–H and O–H groups in total. The van der Waals surface area contributed by atoms with Crippen LogP contribution in [0.3, 0.4) is 0 Å². The van der Waals surface area contributed by atoms with Crippen LogP contribution in [-0.4, -0.2) is 57.1 Å². The second-order valence-electron chi connectivity index (χ2n) is 7.28. The number of carbonyl (C=O) groups is 3. The molecule has 2 unspecified atom stereocenters. The van der Waals surface area contributed by atoms with Crippen LogP contribution in [0.25, 0.3) is 0 Å². The highest BCUT2D eigenvalue weighted by molar-refractivity contribution is 8.00. The number of hydrogen-bond donors (Lipinski definition) is 2. The van der Waals surface area contributed by atoms with Crippen LogP contribution in [0.2, 0.25) is 0 Å². The molecule has 7 nitrogen and oxygen atoms in total. The molecule has 0 saturated carbocycles. The molecule has 4 rings (SSSR count). The number of thioether (sulfide) groups is 1. The van der Waals surface area contributed by atoms with Gasteiger partial charge in [0.25, 0.3) is 0 Å². The first-order valence-electron chi connectivity index (χ1n) is 9.70. The van der Waals surface area contributed by atoms with Crippen molar-refractivity contribution in [3.05, 3.63) is 71.8 Å². The highest BCUT2D eigenvalue weighted by Gasteiger charge is 2.58. The molecule has 0 aromatic heterocycles. The third kappa shape index (κ3) is 4.20. The number of ether oxygens (including phenoxy) is 1. The van der Waals surface area contributed by atoms with E-state index >= 15 is 0 Å². The monoisotopic (exact) mass is 426 g/mol. The fourth-order valence-corrected chi connectivity index (χ4v) is 5.00. The Labute approximate surface area is 178 Å². The van der Waals surface area contributed by atoms with Crippen LogP contribution >= 0.6 is 11.8 Å². The van der Waals surface area contributed by atoms with E-state index in [9.17, 15) is 19.5 Å². The lowest BCUT2D eigenvalue weighted by atomic mass is 9.99. The fourth-order valence-electron chi connectivity index (χ4n) is 3.66. The SMILES string of the molecule is O=C(Cc1ccccc1)N[C@@H]1C(=O)N2C(C(=O)OCc3ccccc3)C(O)CS[C@@H]12. The van der Waals surface area contributed by atoms with Gasteiger partial charge in [-0.2, -0.15) is 0 Å². The number of hydrogen-bond acceptors (Lipinski definition) is 6. The molecular formula is C22H22N2O5S. The maximum atomic E-state index is 12.7. The van der Waals surface area contributed by atoms with Crippen LogP contribution in [0.4, 0.5) is 0 Å². The van der Waals surface area contributed by atoms with E-state index in [-0.39, 0.29) is 30.6 Å². The molecule has 2 aliphatic rings. The summed E-state index contributed by atoms with van der Waals surface area (Å²) in [6.07, 6.45) is -0.841. The van der Waals surface area contributed by atoms with Gasteiger partial charge < -0.3 is 20.1 Å². The van der Waals surface area contributed by atoms with Crippen LogP contribution in [0, 0.1) is 0 Å². The highest BCUT2D eigenvalue weighted by atomic mass is 32.2. The van der Waals surface area contributed by atoms with Crippen molar-refractivity contribution < 1.29 is 24.2 Å². The molecule has 0 radical (unpaired) electrons. The Bertz CT molecular complexity index is 924. The van der Waals surface area contributed by atoms with Gasteiger partial charge in [0.15, 0.2) is 6.04 Å². The summed E-state index contributed by atoms with van der Waals surface area (Å²) in [6, 6.07) is 16.7. The van der Waals surface area contributed by atoms with Gasteiger partial charge in [0, 0.05) is 5.75 Å². The first-order chi connectivity index (χ1) is 14.5. The summed E-state index contributed by atoms with van der Waals surface area (Å²) in [5.41, 5.74) is 1.68. The van der Waals surface area contributed by atoms with Crippen molar-refractivity contribution in [1.82, 2.24) is 10.2 Å². The second-order valence-corrected chi connectivity index (χ2v) is 8.43. The topological polar surface area (TPSA) is 95.9 Å². The molecule has 2 fully saturated rings. The Balaban J connectivity index is 1.37. The van der Waals surface area contributed by atoms with E-state index in [1.807, 2.05) is 60.7 Å². The molecule has 2 aromatic carbocycles. The van der Waals surface area contributed by atoms with Crippen molar-refractivity contribution >= 4 is 29.5 Å². The molecule has 2 aliphatic heterocycles. The predicted molar refractivity (Wildman–Crippen MR) is 111 cm³/mol. The lowest BCUT2D eigenvalue weighted by molar-refractivity contribution is -0.172. The molecule has 156 valence electrons. The molecule has 30 heavy (non-hydrogen) atoms. The average molecular weight is 426 g/mol. The molecule has 0 spiro atoms. The lowest BCUT2D eigenvalue weighted by Gasteiger charge is -2.53. The van der Waals surface area contributed by atoms with Gasteiger partial charge in [-0.05, 0) is 11.1 Å². The van der Waals surface area contributed by atoms with Crippen molar-refractivity contribution in [3.8, 4) is 0 Å². The van der Waals surface area contributed by atoms with Gasteiger partial charge >= 0.3 is 5.97 Å². The molecule has 4 atom stereocenters. The molecule has 8 heteroatoms. The number of benzene rings is 2. The van der Waals surface area contributed by atoms with Crippen molar-refractivity contribution in [2.75, 3.05) is 5.75 Å². The summed E-state index contributed by atoms with van der Waals surface area (Å²) in [5.74, 6) is -0.993. The zero-order valence-electron chi connectivity index (χ0n) is 16.1. The Hall–Kier alpha value is -2.84. The minimum Gasteiger partial charge on any atom is -0.459 e. The Morgan fingerprint density at radius 2 is 1.70 bits per heavy atom. The number of fused-ring (bicyclic) bond motifs is 1. The minimum absolute atomic E-state index is 0.0694. The van der Waals surface area contributed by atoms with Crippen molar-refractivity contribution in [2.24, 2.45) is 0 Å². The number of aliphatic hydroxyl groups is 1. The summed E-state index contributed by atoms with van der Waals surface area (Å²) in [4.78, 5) is 39.0. The molecule has 0 aliphatic carbocycles. The van der Waals surface area contributed by atoms with Crippen LogP contribution in [0.1, 0.15) is 11.1 Å². The highest BCUT2D eigenvalue weighted by Crippen LogP contribution is 2.38. The Morgan fingerprint density at radius 1 is 1.07 bits per heavy atom. The van der Waals surface area contributed by atoms with Crippen molar-refractivity contribution in [2.45, 2.75) is 36.6 Å². The van der Waals surface area contributed by atoms with Crippen molar-refractivity contribution in [3.63, 3.8) is 0 Å². The third-order valence-electron chi connectivity index (χ3n) is 5.17. The fraction of sp³-hybridized carbons (Fsp3) is 0.318. The summed E-state index contributed by atoms with van der Waals surface area (Å²) < 4.78 is 5.34. The van der Waals surface area contributed by atoms with E-state index in [2.05, 4.69) is 5.32 Å². The number of nitrogens with zero attached hydrogens (tertiary/aromatic N) is 1. The zero-order valence-corrected chi connectivity index (χ0v) is 17.0. The number of aliphatic hydroxyl groups excluding tert-OH is 1.